The second-order valence-corrected chi connectivity index (χ2v) is 3.91. The number of hydrogen-bond acceptors (Lipinski definition) is 4. The molecule has 0 aliphatic rings. The Morgan fingerprint density at radius 3 is 2.38 bits per heavy atom. The second-order valence-electron chi connectivity index (χ2n) is 3.91. The molecule has 1 aromatic heterocycles. The van der Waals surface area contributed by atoms with Crippen LogP contribution in [0.5, 0.6) is 5.88 Å². The molecule has 0 aliphatic carbocycles. The van der Waals surface area contributed by atoms with Gasteiger partial charge in [-0.2, -0.15) is 4.98 Å². The highest BCUT2D eigenvalue weighted by atomic mass is 16.5. The molecule has 13 heavy (non-hydrogen) atoms. The molecule has 0 radical (unpaired) electrons. The summed E-state index contributed by atoms with van der Waals surface area (Å²) in [5.74, 6) is 1.65. The molecule has 0 fully saturated rings. The van der Waals surface area contributed by atoms with Crippen molar-refractivity contribution in [1.29, 1.82) is 0 Å². The van der Waals surface area contributed by atoms with Crippen molar-refractivity contribution >= 4 is 5.82 Å². The Hall–Kier alpha value is -1.32. The highest BCUT2D eigenvalue weighted by Crippen LogP contribution is 2.21. The molecular formula is C9H15N3O. The first-order valence-corrected chi connectivity index (χ1v) is 4.12. The Morgan fingerprint density at radius 2 is 1.92 bits per heavy atom. The molecule has 1 rings (SSSR count). The standard InChI is InChI=1S/C9H15N3O/c1-9(2,3)8-11-6(10)5-7(12-8)13-4/h5H,1-4H3,(H2,10,11,12). The maximum absolute atomic E-state index is 5.60. The maximum Gasteiger partial charge on any atom is 0.218 e. The third-order valence-corrected chi connectivity index (χ3v) is 1.60. The number of anilines is 1. The lowest BCUT2D eigenvalue weighted by molar-refractivity contribution is 0.389. The molecule has 0 bridgehead atoms. The Labute approximate surface area is 78.1 Å². The fourth-order valence-electron chi connectivity index (χ4n) is 0.883. The molecule has 0 aromatic carbocycles. The number of methoxy groups -OCH3 is 1. The Balaban J connectivity index is 3.16. The van der Waals surface area contributed by atoms with Gasteiger partial charge >= 0.3 is 0 Å². The van der Waals surface area contributed by atoms with Crippen molar-refractivity contribution in [3.05, 3.63) is 11.9 Å². The van der Waals surface area contributed by atoms with Gasteiger partial charge in [-0.15, -0.1) is 0 Å². The van der Waals surface area contributed by atoms with Crippen LogP contribution >= 0.6 is 0 Å². The molecule has 0 spiro atoms. The lowest BCUT2D eigenvalue weighted by Crippen LogP contribution is -2.17. The van der Waals surface area contributed by atoms with Crippen molar-refractivity contribution in [2.45, 2.75) is 26.2 Å². The number of nitrogens with zero attached hydrogens (tertiary/aromatic N) is 2. The summed E-state index contributed by atoms with van der Waals surface area (Å²) >= 11 is 0. The van der Waals surface area contributed by atoms with Crippen molar-refractivity contribution in [1.82, 2.24) is 9.97 Å². The summed E-state index contributed by atoms with van der Waals surface area (Å²) in [6.07, 6.45) is 0. The van der Waals surface area contributed by atoms with Crippen molar-refractivity contribution in [3.63, 3.8) is 0 Å². The SMILES string of the molecule is COc1cc(N)nc(C(C)(C)C)n1. The molecule has 2 N–H and O–H groups in total. The average Bonchev–Trinajstić information content (AvgIpc) is 2.01. The fraction of sp³-hybridized carbons (Fsp3) is 0.556. The molecule has 0 unspecified atom stereocenters. The number of aromatic nitrogens is 2. The van der Waals surface area contributed by atoms with Gasteiger partial charge in [-0.1, -0.05) is 20.8 Å². The first-order chi connectivity index (χ1) is 5.93. The van der Waals surface area contributed by atoms with Gasteiger partial charge in [0, 0.05) is 11.5 Å². The molecule has 0 aliphatic heterocycles. The highest BCUT2D eigenvalue weighted by Gasteiger charge is 2.18. The van der Waals surface area contributed by atoms with E-state index in [2.05, 4.69) is 9.97 Å². The molecular weight excluding hydrogens is 166 g/mol. The van der Waals surface area contributed by atoms with Crippen molar-refractivity contribution in [2.24, 2.45) is 0 Å². The monoisotopic (exact) mass is 181 g/mol. The van der Waals surface area contributed by atoms with E-state index in [0.717, 1.165) is 0 Å². The van der Waals surface area contributed by atoms with Crippen LogP contribution < -0.4 is 10.5 Å². The number of nitrogens with two attached hydrogens (primary N) is 1. The molecule has 4 nitrogen and oxygen atoms in total. The van der Waals surface area contributed by atoms with Crippen LogP contribution in [0.3, 0.4) is 0 Å². The summed E-state index contributed by atoms with van der Waals surface area (Å²) in [6, 6.07) is 1.61. The van der Waals surface area contributed by atoms with E-state index in [1.165, 1.54) is 0 Å². The highest BCUT2D eigenvalue weighted by molar-refractivity contribution is 5.33. The zero-order chi connectivity index (χ0) is 10.1. The molecule has 0 atom stereocenters. The smallest absolute Gasteiger partial charge is 0.218 e. The summed E-state index contributed by atoms with van der Waals surface area (Å²) < 4.78 is 5.00. The number of nitrogen functional groups attached to an aromatic ring is 1. The minimum absolute atomic E-state index is 0.108. The molecule has 72 valence electrons. The zero-order valence-corrected chi connectivity index (χ0v) is 8.46. The van der Waals surface area contributed by atoms with Crippen LogP contribution in [0, 0.1) is 0 Å². The molecule has 4 heteroatoms. The summed E-state index contributed by atoms with van der Waals surface area (Å²) in [5.41, 5.74) is 5.49. The minimum atomic E-state index is -0.108. The number of ether oxygens (including phenoxy) is 1. The van der Waals surface area contributed by atoms with Gasteiger partial charge in [-0.25, -0.2) is 4.98 Å². The summed E-state index contributed by atoms with van der Waals surface area (Å²) in [7, 11) is 1.56. The van der Waals surface area contributed by atoms with Crippen LogP contribution in [0.4, 0.5) is 5.82 Å². The maximum atomic E-state index is 5.60. The van der Waals surface area contributed by atoms with E-state index in [1.54, 1.807) is 13.2 Å². The Bertz CT molecular complexity index is 304. The fourth-order valence-corrected chi connectivity index (χ4v) is 0.883. The molecule has 1 aromatic rings. The molecule has 0 amide bonds. The van der Waals surface area contributed by atoms with Crippen LogP contribution in [-0.4, -0.2) is 17.1 Å². The van der Waals surface area contributed by atoms with Gasteiger partial charge in [-0.3, -0.25) is 0 Å². The van der Waals surface area contributed by atoms with Gasteiger partial charge in [0.2, 0.25) is 5.88 Å². The van der Waals surface area contributed by atoms with Crippen LogP contribution in [0.1, 0.15) is 26.6 Å². The largest absolute Gasteiger partial charge is 0.481 e. The van der Waals surface area contributed by atoms with Crippen LogP contribution in [0.2, 0.25) is 0 Å². The normalized spacial score (nSPS) is 11.4. The summed E-state index contributed by atoms with van der Waals surface area (Å²) in [5, 5.41) is 0. The quantitative estimate of drug-likeness (QED) is 0.710. The molecule has 0 saturated carbocycles. The predicted octanol–water partition coefficient (Wildman–Crippen LogP) is 1.36. The topological polar surface area (TPSA) is 61.0 Å². The van der Waals surface area contributed by atoms with E-state index in [4.69, 9.17) is 10.5 Å². The molecule has 0 saturated heterocycles. The van der Waals surface area contributed by atoms with Crippen LogP contribution in [0.15, 0.2) is 6.07 Å². The lowest BCUT2D eigenvalue weighted by Gasteiger charge is -2.17. The number of rotatable bonds is 1. The first kappa shape index (κ1) is 9.77. The van der Waals surface area contributed by atoms with Crippen LogP contribution in [0.25, 0.3) is 0 Å². The molecule has 1 heterocycles. The van der Waals surface area contributed by atoms with Crippen LogP contribution in [-0.2, 0) is 5.41 Å². The predicted molar refractivity (Wildman–Crippen MR) is 51.7 cm³/mol. The third kappa shape index (κ3) is 2.31. The summed E-state index contributed by atoms with van der Waals surface area (Å²) in [6.45, 7) is 6.09. The van der Waals surface area contributed by atoms with Crippen molar-refractivity contribution in [2.75, 3.05) is 12.8 Å². The van der Waals surface area contributed by atoms with E-state index >= 15 is 0 Å². The second kappa shape index (κ2) is 3.20. The van der Waals surface area contributed by atoms with Gasteiger partial charge < -0.3 is 10.5 Å². The Morgan fingerprint density at radius 1 is 1.31 bits per heavy atom. The third-order valence-electron chi connectivity index (χ3n) is 1.60. The van der Waals surface area contributed by atoms with Gasteiger partial charge in [0.15, 0.2) is 0 Å². The first-order valence-electron chi connectivity index (χ1n) is 4.12. The Kier molecular flexibility index (Phi) is 2.40. The van der Waals surface area contributed by atoms with Gasteiger partial charge in [0.05, 0.1) is 7.11 Å². The average molecular weight is 181 g/mol. The van der Waals surface area contributed by atoms with E-state index < -0.39 is 0 Å². The lowest BCUT2D eigenvalue weighted by atomic mass is 9.96. The van der Waals surface area contributed by atoms with E-state index in [1.807, 2.05) is 20.8 Å². The van der Waals surface area contributed by atoms with Crippen molar-refractivity contribution < 1.29 is 4.74 Å². The van der Waals surface area contributed by atoms with E-state index in [9.17, 15) is 0 Å². The minimum Gasteiger partial charge on any atom is -0.481 e. The summed E-state index contributed by atoms with van der Waals surface area (Å²) in [4.78, 5) is 8.35. The van der Waals surface area contributed by atoms with Gasteiger partial charge in [0.25, 0.3) is 0 Å². The zero-order valence-electron chi connectivity index (χ0n) is 8.46. The van der Waals surface area contributed by atoms with Gasteiger partial charge in [-0.05, 0) is 0 Å². The van der Waals surface area contributed by atoms with E-state index in [0.29, 0.717) is 17.5 Å². The van der Waals surface area contributed by atoms with E-state index in [-0.39, 0.29) is 5.41 Å². The van der Waals surface area contributed by atoms with Crippen molar-refractivity contribution in [3.8, 4) is 5.88 Å². The number of hydrogen-bond donors (Lipinski definition) is 1. The van der Waals surface area contributed by atoms with Gasteiger partial charge in [0.1, 0.15) is 11.6 Å².